The number of benzene rings is 2. The van der Waals surface area contributed by atoms with E-state index in [9.17, 15) is 14.4 Å². The number of halogens is 1. The number of amides is 2. The predicted octanol–water partition coefficient (Wildman–Crippen LogP) is 3.47. The number of likely N-dealkylation sites (tertiary alicyclic amines) is 1. The molecule has 1 heterocycles. The van der Waals surface area contributed by atoms with E-state index in [1.807, 2.05) is 43.3 Å². The lowest BCUT2D eigenvalue weighted by molar-refractivity contribution is -0.123. The fraction of sp³-hybridized carbons (Fsp3) is 0.286. The van der Waals surface area contributed by atoms with Crippen molar-refractivity contribution in [3.05, 3.63) is 69.7 Å². The van der Waals surface area contributed by atoms with Crippen LogP contribution in [0.25, 0.3) is 0 Å². The van der Waals surface area contributed by atoms with E-state index in [-0.39, 0.29) is 37.8 Å². The fourth-order valence-electron chi connectivity index (χ4n) is 3.02. The van der Waals surface area contributed by atoms with Crippen LogP contribution in [0.2, 0.25) is 0 Å². The number of rotatable bonds is 4. The van der Waals surface area contributed by atoms with Crippen molar-refractivity contribution in [2.75, 3.05) is 13.1 Å². The molecule has 1 saturated heterocycles. The van der Waals surface area contributed by atoms with Crippen molar-refractivity contribution in [2.45, 2.75) is 26.0 Å². The molecule has 0 aromatic heterocycles. The maximum absolute atomic E-state index is 12.6. The van der Waals surface area contributed by atoms with Gasteiger partial charge in [-0.3, -0.25) is 9.59 Å². The molecule has 2 aromatic carbocycles. The third-order valence-corrected chi connectivity index (χ3v) is 5.56. The van der Waals surface area contributed by atoms with Gasteiger partial charge in [0.05, 0.1) is 6.54 Å². The molecule has 6 nitrogen and oxygen atoms in total. The molecule has 1 aliphatic heterocycles. The number of hydrogen-bond acceptors (Lipinski definition) is 4. The summed E-state index contributed by atoms with van der Waals surface area (Å²) in [7, 11) is 0. The summed E-state index contributed by atoms with van der Waals surface area (Å²) in [5, 5.41) is 2.75. The van der Waals surface area contributed by atoms with Crippen LogP contribution in [0.3, 0.4) is 0 Å². The van der Waals surface area contributed by atoms with Crippen molar-refractivity contribution in [2.24, 2.45) is 0 Å². The van der Waals surface area contributed by atoms with Crippen LogP contribution >= 0.6 is 15.9 Å². The van der Waals surface area contributed by atoms with E-state index in [0.717, 1.165) is 15.6 Å². The number of nitrogens with zero attached hydrogens (tertiary/aromatic N) is 1. The molecule has 0 aliphatic carbocycles. The molecular formula is C21H21BrN2O4. The zero-order valence-electron chi connectivity index (χ0n) is 15.5. The number of Topliss-reactive ketones (excluding diaryl/α,β-unsaturated/α-hetero) is 1. The topological polar surface area (TPSA) is 75.7 Å². The SMILES string of the molecule is Cc1c(Br)cccc1C(=O)N[C@H]1CN(C(=O)OCc2ccccc2)CCC1=O. The van der Waals surface area contributed by atoms with E-state index < -0.39 is 12.1 Å². The molecule has 0 unspecified atom stereocenters. The molecule has 3 rings (SSSR count). The molecule has 1 N–H and O–H groups in total. The zero-order chi connectivity index (χ0) is 20.1. The lowest BCUT2D eigenvalue weighted by Gasteiger charge is -2.31. The van der Waals surface area contributed by atoms with E-state index in [0.29, 0.717) is 5.56 Å². The lowest BCUT2D eigenvalue weighted by atomic mass is 10.0. The van der Waals surface area contributed by atoms with Crippen molar-refractivity contribution in [3.63, 3.8) is 0 Å². The van der Waals surface area contributed by atoms with E-state index in [4.69, 9.17) is 4.74 Å². The summed E-state index contributed by atoms with van der Waals surface area (Å²) in [5.74, 6) is -0.426. The first kappa shape index (κ1) is 20.1. The minimum absolute atomic E-state index is 0.0897. The average Bonchev–Trinajstić information content (AvgIpc) is 2.70. The van der Waals surface area contributed by atoms with Gasteiger partial charge >= 0.3 is 6.09 Å². The Bertz CT molecular complexity index is 885. The number of ether oxygens (including phenoxy) is 1. The number of carbonyl (C=O) groups excluding carboxylic acids is 3. The predicted molar refractivity (Wildman–Crippen MR) is 108 cm³/mol. The molecule has 0 saturated carbocycles. The van der Waals surface area contributed by atoms with Gasteiger partial charge in [0, 0.05) is 23.0 Å². The molecule has 7 heteroatoms. The molecule has 0 radical (unpaired) electrons. The number of nitrogens with one attached hydrogen (secondary N) is 1. The van der Waals surface area contributed by atoms with Crippen LogP contribution < -0.4 is 5.32 Å². The van der Waals surface area contributed by atoms with Crippen LogP contribution in [-0.2, 0) is 16.1 Å². The second-order valence-electron chi connectivity index (χ2n) is 6.64. The summed E-state index contributed by atoms with van der Waals surface area (Å²) >= 11 is 3.40. The quantitative estimate of drug-likeness (QED) is 0.782. The third kappa shape index (κ3) is 4.78. The van der Waals surface area contributed by atoms with Crippen molar-refractivity contribution >= 4 is 33.7 Å². The Balaban J connectivity index is 1.60. The number of piperidine rings is 1. The second kappa shape index (κ2) is 9.01. The van der Waals surface area contributed by atoms with Gasteiger partial charge in [0.25, 0.3) is 5.91 Å². The third-order valence-electron chi connectivity index (χ3n) is 4.70. The highest BCUT2D eigenvalue weighted by atomic mass is 79.9. The van der Waals surface area contributed by atoms with Gasteiger partial charge in [-0.1, -0.05) is 52.3 Å². The largest absolute Gasteiger partial charge is 0.445 e. The van der Waals surface area contributed by atoms with Crippen LogP contribution in [0.1, 0.15) is 27.9 Å². The van der Waals surface area contributed by atoms with Crippen molar-refractivity contribution in [3.8, 4) is 0 Å². The summed E-state index contributed by atoms with van der Waals surface area (Å²) in [6.45, 7) is 2.38. The van der Waals surface area contributed by atoms with Gasteiger partial charge in [-0.25, -0.2) is 4.79 Å². The summed E-state index contributed by atoms with van der Waals surface area (Å²) in [6, 6.07) is 14.0. The van der Waals surface area contributed by atoms with Gasteiger partial charge in [0.1, 0.15) is 12.6 Å². The highest BCUT2D eigenvalue weighted by molar-refractivity contribution is 9.10. The summed E-state index contributed by atoms with van der Waals surface area (Å²) < 4.78 is 6.15. The van der Waals surface area contributed by atoms with Gasteiger partial charge in [0.2, 0.25) is 0 Å². The van der Waals surface area contributed by atoms with Crippen molar-refractivity contribution in [1.82, 2.24) is 10.2 Å². The van der Waals surface area contributed by atoms with Gasteiger partial charge < -0.3 is 15.0 Å². The highest BCUT2D eigenvalue weighted by Crippen LogP contribution is 2.20. The molecule has 0 spiro atoms. The van der Waals surface area contributed by atoms with Crippen molar-refractivity contribution < 1.29 is 19.1 Å². The average molecular weight is 445 g/mol. The summed E-state index contributed by atoms with van der Waals surface area (Å²) in [5.41, 5.74) is 2.17. The van der Waals surface area contributed by atoms with Crippen LogP contribution in [0.5, 0.6) is 0 Å². The van der Waals surface area contributed by atoms with Crippen LogP contribution in [0.15, 0.2) is 53.0 Å². The second-order valence-corrected chi connectivity index (χ2v) is 7.50. The first-order valence-corrected chi connectivity index (χ1v) is 9.79. The Hall–Kier alpha value is -2.67. The number of carbonyl (C=O) groups is 3. The highest BCUT2D eigenvalue weighted by Gasteiger charge is 2.32. The Kier molecular flexibility index (Phi) is 6.46. The first-order chi connectivity index (χ1) is 13.5. The first-order valence-electron chi connectivity index (χ1n) is 9.00. The monoisotopic (exact) mass is 444 g/mol. The van der Waals surface area contributed by atoms with Crippen molar-refractivity contribution in [1.29, 1.82) is 0 Å². The van der Waals surface area contributed by atoms with Gasteiger partial charge in [-0.2, -0.15) is 0 Å². The number of ketones is 1. The Morgan fingerprint density at radius 3 is 2.68 bits per heavy atom. The van der Waals surface area contributed by atoms with E-state index in [2.05, 4.69) is 21.2 Å². The zero-order valence-corrected chi connectivity index (χ0v) is 17.1. The van der Waals surface area contributed by atoms with Crippen LogP contribution in [0, 0.1) is 6.92 Å². The molecule has 1 fully saturated rings. The fourth-order valence-corrected chi connectivity index (χ4v) is 3.39. The Labute approximate surface area is 172 Å². The molecule has 146 valence electrons. The summed E-state index contributed by atoms with van der Waals surface area (Å²) in [6.07, 6.45) is -0.308. The Morgan fingerprint density at radius 1 is 1.18 bits per heavy atom. The molecule has 0 bridgehead atoms. The lowest BCUT2D eigenvalue weighted by Crippen LogP contribution is -2.54. The minimum atomic E-state index is -0.746. The molecule has 2 amide bonds. The van der Waals surface area contributed by atoms with Crippen LogP contribution in [0.4, 0.5) is 4.79 Å². The van der Waals surface area contributed by atoms with Crippen LogP contribution in [-0.4, -0.2) is 41.8 Å². The molecule has 1 atom stereocenters. The molecule has 2 aromatic rings. The normalized spacial score (nSPS) is 16.6. The molecule has 1 aliphatic rings. The van der Waals surface area contributed by atoms with Gasteiger partial charge in [-0.05, 0) is 30.2 Å². The van der Waals surface area contributed by atoms with Gasteiger partial charge in [0.15, 0.2) is 5.78 Å². The van der Waals surface area contributed by atoms with Gasteiger partial charge in [-0.15, -0.1) is 0 Å². The molecule has 28 heavy (non-hydrogen) atoms. The van der Waals surface area contributed by atoms with E-state index in [1.54, 1.807) is 12.1 Å². The standard InChI is InChI=1S/C21H21BrN2O4/c1-14-16(8-5-9-17(14)22)20(26)23-18-12-24(11-10-19(18)25)21(27)28-13-15-6-3-2-4-7-15/h2-9,18H,10-13H2,1H3,(H,23,26)/t18-/m0/s1. The van der Waals surface area contributed by atoms with E-state index in [1.165, 1.54) is 4.90 Å². The van der Waals surface area contributed by atoms with E-state index >= 15 is 0 Å². The summed E-state index contributed by atoms with van der Waals surface area (Å²) in [4.78, 5) is 38.7. The number of hydrogen-bond donors (Lipinski definition) is 1. The maximum atomic E-state index is 12.6. The minimum Gasteiger partial charge on any atom is -0.445 e. The maximum Gasteiger partial charge on any atom is 0.410 e. The smallest absolute Gasteiger partial charge is 0.410 e. The molecular weight excluding hydrogens is 424 g/mol. The Morgan fingerprint density at radius 2 is 1.93 bits per heavy atom.